The van der Waals surface area contributed by atoms with Gasteiger partial charge in [-0.05, 0) is 38.1 Å². The summed E-state index contributed by atoms with van der Waals surface area (Å²) in [4.78, 5) is 0. The number of benzene rings is 1. The molecule has 0 bridgehead atoms. The largest absolute Gasteiger partial charge is 0.492 e. The maximum atomic E-state index is 5.64. The lowest BCUT2D eigenvalue weighted by molar-refractivity contribution is 0.279. The van der Waals surface area contributed by atoms with E-state index in [0.717, 1.165) is 12.2 Å². The summed E-state index contributed by atoms with van der Waals surface area (Å²) in [6.45, 7) is 4.96. The highest BCUT2D eigenvalue weighted by atomic mass is 16.5. The van der Waals surface area contributed by atoms with Crippen LogP contribution in [0.25, 0.3) is 0 Å². The zero-order valence-corrected chi connectivity index (χ0v) is 9.21. The molecule has 1 unspecified atom stereocenters. The van der Waals surface area contributed by atoms with Crippen molar-refractivity contribution in [3.05, 3.63) is 29.8 Å². The Kier molecular flexibility index (Phi) is 4.47. The van der Waals surface area contributed by atoms with E-state index >= 15 is 0 Å². The van der Waals surface area contributed by atoms with Crippen LogP contribution < -0.4 is 10.1 Å². The number of likely N-dealkylation sites (N-methyl/N-ethyl adjacent to an activating group) is 1. The van der Waals surface area contributed by atoms with Crippen LogP contribution in [-0.4, -0.2) is 19.7 Å². The lowest BCUT2D eigenvalue weighted by Gasteiger charge is -2.12. The summed E-state index contributed by atoms with van der Waals surface area (Å²) >= 11 is 0. The van der Waals surface area contributed by atoms with E-state index in [1.807, 2.05) is 19.2 Å². The smallest absolute Gasteiger partial charge is 0.119 e. The molecule has 0 aliphatic rings. The van der Waals surface area contributed by atoms with Crippen LogP contribution in [0.4, 0.5) is 0 Å². The van der Waals surface area contributed by atoms with Gasteiger partial charge in [0.15, 0.2) is 0 Å². The third-order valence-corrected chi connectivity index (χ3v) is 2.30. The molecule has 78 valence electrons. The van der Waals surface area contributed by atoms with Crippen molar-refractivity contribution in [3.63, 3.8) is 0 Å². The lowest BCUT2D eigenvalue weighted by atomic mass is 10.2. The molecule has 0 heterocycles. The van der Waals surface area contributed by atoms with Crippen LogP contribution in [0.3, 0.4) is 0 Å². The van der Waals surface area contributed by atoms with Crippen molar-refractivity contribution >= 4 is 0 Å². The molecule has 1 aromatic rings. The van der Waals surface area contributed by atoms with Gasteiger partial charge < -0.3 is 10.1 Å². The summed E-state index contributed by atoms with van der Waals surface area (Å²) in [7, 11) is 1.94. The van der Waals surface area contributed by atoms with E-state index < -0.39 is 0 Å². The third kappa shape index (κ3) is 3.38. The van der Waals surface area contributed by atoms with Gasteiger partial charge in [-0.3, -0.25) is 0 Å². The first-order valence-electron chi connectivity index (χ1n) is 5.15. The Labute approximate surface area is 86.3 Å². The van der Waals surface area contributed by atoms with Gasteiger partial charge in [0.25, 0.3) is 0 Å². The van der Waals surface area contributed by atoms with E-state index in [0.29, 0.717) is 12.6 Å². The van der Waals surface area contributed by atoms with Gasteiger partial charge in [-0.25, -0.2) is 0 Å². The molecule has 0 aliphatic heterocycles. The van der Waals surface area contributed by atoms with Gasteiger partial charge >= 0.3 is 0 Å². The van der Waals surface area contributed by atoms with Crippen molar-refractivity contribution in [2.45, 2.75) is 26.3 Å². The number of rotatable bonds is 5. The Bertz CT molecular complexity index is 273. The molecular weight excluding hydrogens is 174 g/mol. The van der Waals surface area contributed by atoms with Gasteiger partial charge in [0.2, 0.25) is 0 Å². The fourth-order valence-corrected chi connectivity index (χ4v) is 1.16. The Morgan fingerprint density at radius 2 is 2.21 bits per heavy atom. The van der Waals surface area contributed by atoms with E-state index in [1.54, 1.807) is 0 Å². The predicted octanol–water partition coefficient (Wildman–Crippen LogP) is 2.24. The number of aryl methyl sites for hydroxylation is 1. The topological polar surface area (TPSA) is 21.3 Å². The first-order chi connectivity index (χ1) is 6.76. The summed E-state index contributed by atoms with van der Waals surface area (Å²) < 4.78 is 5.64. The SMILES string of the molecule is CCc1cccc(OCC(C)NC)c1. The van der Waals surface area contributed by atoms with Crippen LogP contribution in [0, 0.1) is 0 Å². The molecule has 0 saturated carbocycles. The molecule has 1 rings (SSSR count). The fraction of sp³-hybridized carbons (Fsp3) is 0.500. The highest BCUT2D eigenvalue weighted by molar-refractivity contribution is 5.28. The van der Waals surface area contributed by atoms with E-state index in [2.05, 4.69) is 31.3 Å². The average Bonchev–Trinajstić information content (AvgIpc) is 2.26. The first-order valence-corrected chi connectivity index (χ1v) is 5.15. The Hall–Kier alpha value is -1.02. The molecular formula is C12H19NO. The molecule has 0 fully saturated rings. The van der Waals surface area contributed by atoms with Crippen LogP contribution >= 0.6 is 0 Å². The molecule has 0 aliphatic carbocycles. The molecule has 0 spiro atoms. The van der Waals surface area contributed by atoms with Crippen LogP contribution in [-0.2, 0) is 6.42 Å². The molecule has 1 N–H and O–H groups in total. The van der Waals surface area contributed by atoms with Crippen molar-refractivity contribution in [2.24, 2.45) is 0 Å². The Balaban J connectivity index is 2.50. The second-order valence-corrected chi connectivity index (χ2v) is 3.50. The molecule has 0 amide bonds. The van der Waals surface area contributed by atoms with Gasteiger partial charge in [0.05, 0.1) is 0 Å². The van der Waals surface area contributed by atoms with E-state index in [4.69, 9.17) is 4.74 Å². The van der Waals surface area contributed by atoms with E-state index in [1.165, 1.54) is 5.56 Å². The maximum absolute atomic E-state index is 5.64. The number of nitrogens with one attached hydrogen (secondary N) is 1. The van der Waals surface area contributed by atoms with E-state index in [-0.39, 0.29) is 0 Å². The highest BCUT2D eigenvalue weighted by Crippen LogP contribution is 2.13. The quantitative estimate of drug-likeness (QED) is 0.774. The van der Waals surface area contributed by atoms with Crippen LogP contribution in [0.5, 0.6) is 5.75 Å². The Morgan fingerprint density at radius 1 is 1.43 bits per heavy atom. The average molecular weight is 193 g/mol. The Morgan fingerprint density at radius 3 is 2.86 bits per heavy atom. The minimum Gasteiger partial charge on any atom is -0.492 e. The van der Waals surface area contributed by atoms with E-state index in [9.17, 15) is 0 Å². The molecule has 0 radical (unpaired) electrons. The van der Waals surface area contributed by atoms with Gasteiger partial charge in [-0.1, -0.05) is 19.1 Å². The van der Waals surface area contributed by atoms with Gasteiger partial charge in [0, 0.05) is 6.04 Å². The fourth-order valence-electron chi connectivity index (χ4n) is 1.16. The number of ether oxygens (including phenoxy) is 1. The highest BCUT2D eigenvalue weighted by Gasteiger charge is 1.99. The molecule has 2 heteroatoms. The normalized spacial score (nSPS) is 12.5. The molecule has 1 atom stereocenters. The molecule has 1 aromatic carbocycles. The monoisotopic (exact) mass is 193 g/mol. The summed E-state index contributed by atoms with van der Waals surface area (Å²) in [6, 6.07) is 8.65. The number of hydrogen-bond acceptors (Lipinski definition) is 2. The summed E-state index contributed by atoms with van der Waals surface area (Å²) in [6.07, 6.45) is 1.05. The van der Waals surface area contributed by atoms with Crippen molar-refractivity contribution in [2.75, 3.05) is 13.7 Å². The van der Waals surface area contributed by atoms with Crippen molar-refractivity contribution < 1.29 is 4.74 Å². The minimum absolute atomic E-state index is 0.389. The van der Waals surface area contributed by atoms with Crippen molar-refractivity contribution in [1.82, 2.24) is 5.32 Å². The lowest BCUT2D eigenvalue weighted by Crippen LogP contribution is -2.28. The third-order valence-electron chi connectivity index (χ3n) is 2.30. The predicted molar refractivity (Wildman–Crippen MR) is 59.8 cm³/mol. The first kappa shape index (κ1) is 11.1. The molecule has 0 saturated heterocycles. The van der Waals surface area contributed by atoms with Crippen LogP contribution in [0.1, 0.15) is 19.4 Å². The standard InChI is InChI=1S/C12H19NO/c1-4-11-6-5-7-12(8-11)14-9-10(2)13-3/h5-8,10,13H,4,9H2,1-3H3. The second kappa shape index (κ2) is 5.66. The van der Waals surface area contributed by atoms with Gasteiger partial charge in [-0.2, -0.15) is 0 Å². The molecule has 14 heavy (non-hydrogen) atoms. The summed E-state index contributed by atoms with van der Waals surface area (Å²) in [5.41, 5.74) is 1.32. The molecule has 0 aromatic heterocycles. The van der Waals surface area contributed by atoms with Crippen molar-refractivity contribution in [3.8, 4) is 5.75 Å². The second-order valence-electron chi connectivity index (χ2n) is 3.50. The van der Waals surface area contributed by atoms with Crippen LogP contribution in [0.15, 0.2) is 24.3 Å². The molecule has 2 nitrogen and oxygen atoms in total. The summed E-state index contributed by atoms with van der Waals surface area (Å²) in [5.74, 6) is 0.964. The maximum Gasteiger partial charge on any atom is 0.119 e. The summed E-state index contributed by atoms with van der Waals surface area (Å²) in [5, 5.41) is 3.14. The zero-order chi connectivity index (χ0) is 10.4. The van der Waals surface area contributed by atoms with Crippen molar-refractivity contribution in [1.29, 1.82) is 0 Å². The zero-order valence-electron chi connectivity index (χ0n) is 9.21. The van der Waals surface area contributed by atoms with Gasteiger partial charge in [0.1, 0.15) is 12.4 Å². The van der Waals surface area contributed by atoms with Gasteiger partial charge in [-0.15, -0.1) is 0 Å². The number of hydrogen-bond donors (Lipinski definition) is 1. The minimum atomic E-state index is 0.389. The van der Waals surface area contributed by atoms with Crippen LogP contribution in [0.2, 0.25) is 0 Å².